The number of aryl methyl sites for hydroxylation is 1. The van der Waals surface area contributed by atoms with E-state index >= 15 is 0 Å². The molecule has 2 rings (SSSR count). The van der Waals surface area contributed by atoms with Gasteiger partial charge in [0.15, 0.2) is 0 Å². The summed E-state index contributed by atoms with van der Waals surface area (Å²) in [6, 6.07) is 8.11. The van der Waals surface area contributed by atoms with Crippen molar-refractivity contribution < 1.29 is 5.11 Å². The third kappa shape index (κ3) is 1.49. The number of hydrogen-bond donors (Lipinski definition) is 1. The van der Waals surface area contributed by atoms with Crippen molar-refractivity contribution in [3.05, 3.63) is 35.4 Å². The van der Waals surface area contributed by atoms with Crippen LogP contribution in [0.15, 0.2) is 24.3 Å². The minimum atomic E-state index is -0.606. The van der Waals surface area contributed by atoms with Gasteiger partial charge in [-0.05, 0) is 43.7 Å². The summed E-state index contributed by atoms with van der Waals surface area (Å²) < 4.78 is 0. The monoisotopic (exact) mass is 176 g/mol. The van der Waals surface area contributed by atoms with Crippen molar-refractivity contribution in [1.82, 2.24) is 0 Å². The summed E-state index contributed by atoms with van der Waals surface area (Å²) in [6.07, 6.45) is 2.34. The molecule has 1 saturated carbocycles. The number of rotatable bonds is 2. The van der Waals surface area contributed by atoms with Gasteiger partial charge in [-0.25, -0.2) is 0 Å². The molecule has 0 aliphatic heterocycles. The lowest BCUT2D eigenvalue weighted by atomic mass is 9.88. The van der Waals surface area contributed by atoms with Crippen molar-refractivity contribution in [3.63, 3.8) is 0 Å². The van der Waals surface area contributed by atoms with Crippen LogP contribution in [0, 0.1) is 12.8 Å². The Bertz CT molecular complexity index is 311. The van der Waals surface area contributed by atoms with Crippen molar-refractivity contribution in [2.75, 3.05) is 0 Å². The van der Waals surface area contributed by atoms with Crippen molar-refractivity contribution in [2.24, 2.45) is 5.92 Å². The van der Waals surface area contributed by atoms with Crippen LogP contribution in [0.25, 0.3) is 0 Å². The largest absolute Gasteiger partial charge is 0.385 e. The molecule has 1 aliphatic rings. The summed E-state index contributed by atoms with van der Waals surface area (Å²) in [5.74, 6) is 0.480. The first-order valence-electron chi connectivity index (χ1n) is 4.91. The number of hydrogen-bond acceptors (Lipinski definition) is 1. The van der Waals surface area contributed by atoms with Crippen LogP contribution in [-0.2, 0) is 5.60 Å². The van der Waals surface area contributed by atoms with Gasteiger partial charge in [-0.1, -0.05) is 24.3 Å². The predicted molar refractivity (Wildman–Crippen MR) is 53.5 cm³/mol. The molecule has 1 heteroatoms. The summed E-state index contributed by atoms with van der Waals surface area (Å²) in [7, 11) is 0. The highest BCUT2D eigenvalue weighted by Gasteiger charge is 2.41. The van der Waals surface area contributed by atoms with Gasteiger partial charge in [-0.3, -0.25) is 0 Å². The van der Waals surface area contributed by atoms with Gasteiger partial charge in [-0.2, -0.15) is 0 Å². The Hall–Kier alpha value is -0.820. The minimum absolute atomic E-state index is 0.480. The second-order valence-electron chi connectivity index (χ2n) is 4.24. The van der Waals surface area contributed by atoms with Gasteiger partial charge in [0.1, 0.15) is 0 Å². The fourth-order valence-corrected chi connectivity index (χ4v) is 2.01. The molecule has 1 fully saturated rings. The fourth-order valence-electron chi connectivity index (χ4n) is 2.01. The first-order chi connectivity index (χ1) is 6.12. The van der Waals surface area contributed by atoms with Gasteiger partial charge in [0, 0.05) is 0 Å². The molecule has 70 valence electrons. The third-order valence-electron chi connectivity index (χ3n) is 3.06. The molecule has 1 aromatic carbocycles. The summed E-state index contributed by atoms with van der Waals surface area (Å²) in [5, 5.41) is 10.3. The standard InChI is InChI=1S/C12H16O/c1-9-5-3-4-6-11(9)12(2,13)10-7-8-10/h3-6,10,13H,7-8H2,1-2H3. The molecular weight excluding hydrogens is 160 g/mol. The van der Waals surface area contributed by atoms with Crippen LogP contribution in [0.2, 0.25) is 0 Å². The van der Waals surface area contributed by atoms with Gasteiger partial charge in [-0.15, -0.1) is 0 Å². The first-order valence-corrected chi connectivity index (χ1v) is 4.91. The molecule has 1 atom stereocenters. The molecule has 0 radical (unpaired) electrons. The van der Waals surface area contributed by atoms with E-state index in [9.17, 15) is 5.11 Å². The van der Waals surface area contributed by atoms with Crippen LogP contribution in [-0.4, -0.2) is 5.11 Å². The van der Waals surface area contributed by atoms with E-state index < -0.39 is 5.60 Å². The maximum Gasteiger partial charge on any atom is 0.0899 e. The lowest BCUT2D eigenvalue weighted by Gasteiger charge is -2.25. The van der Waals surface area contributed by atoms with E-state index in [-0.39, 0.29) is 0 Å². The second-order valence-corrected chi connectivity index (χ2v) is 4.24. The number of aliphatic hydroxyl groups is 1. The Labute approximate surface area is 79.4 Å². The van der Waals surface area contributed by atoms with Gasteiger partial charge in [0.2, 0.25) is 0 Å². The SMILES string of the molecule is Cc1ccccc1C(C)(O)C1CC1. The van der Waals surface area contributed by atoms with Gasteiger partial charge in [0.05, 0.1) is 5.60 Å². The zero-order chi connectivity index (χ0) is 9.47. The van der Waals surface area contributed by atoms with E-state index in [2.05, 4.69) is 13.0 Å². The van der Waals surface area contributed by atoms with Gasteiger partial charge < -0.3 is 5.11 Å². The normalized spacial score (nSPS) is 21.2. The zero-order valence-electron chi connectivity index (χ0n) is 8.25. The number of benzene rings is 1. The van der Waals surface area contributed by atoms with E-state index in [0.717, 1.165) is 5.56 Å². The van der Waals surface area contributed by atoms with Crippen molar-refractivity contribution >= 4 is 0 Å². The maximum absolute atomic E-state index is 10.3. The van der Waals surface area contributed by atoms with Gasteiger partial charge in [0.25, 0.3) is 0 Å². The lowest BCUT2D eigenvalue weighted by molar-refractivity contribution is 0.0325. The van der Waals surface area contributed by atoms with E-state index in [1.165, 1.54) is 18.4 Å². The van der Waals surface area contributed by atoms with Crippen LogP contribution in [0.4, 0.5) is 0 Å². The van der Waals surface area contributed by atoms with E-state index in [1.807, 2.05) is 25.1 Å². The molecule has 1 unspecified atom stereocenters. The molecular formula is C12H16O. The second kappa shape index (κ2) is 2.85. The quantitative estimate of drug-likeness (QED) is 0.734. The Morgan fingerprint density at radius 3 is 2.46 bits per heavy atom. The van der Waals surface area contributed by atoms with Gasteiger partial charge >= 0.3 is 0 Å². The van der Waals surface area contributed by atoms with Crippen LogP contribution < -0.4 is 0 Å². The highest BCUT2D eigenvalue weighted by molar-refractivity contribution is 5.32. The molecule has 0 heterocycles. The van der Waals surface area contributed by atoms with Crippen LogP contribution in [0.5, 0.6) is 0 Å². The predicted octanol–water partition coefficient (Wildman–Crippen LogP) is 2.61. The molecule has 1 aromatic rings. The Morgan fingerprint density at radius 1 is 1.31 bits per heavy atom. The molecule has 0 amide bonds. The summed E-state index contributed by atoms with van der Waals surface area (Å²) in [6.45, 7) is 4.00. The van der Waals surface area contributed by atoms with Crippen molar-refractivity contribution in [2.45, 2.75) is 32.3 Å². The van der Waals surface area contributed by atoms with Crippen LogP contribution in [0.1, 0.15) is 30.9 Å². The molecule has 1 aliphatic carbocycles. The van der Waals surface area contributed by atoms with Crippen LogP contribution in [0.3, 0.4) is 0 Å². The highest BCUT2D eigenvalue weighted by atomic mass is 16.3. The van der Waals surface area contributed by atoms with Crippen molar-refractivity contribution in [1.29, 1.82) is 0 Å². The first kappa shape index (κ1) is 8.76. The maximum atomic E-state index is 10.3. The topological polar surface area (TPSA) is 20.2 Å². The van der Waals surface area contributed by atoms with E-state index in [0.29, 0.717) is 5.92 Å². The molecule has 1 nitrogen and oxygen atoms in total. The van der Waals surface area contributed by atoms with E-state index in [1.54, 1.807) is 0 Å². The summed E-state index contributed by atoms with van der Waals surface area (Å²) in [4.78, 5) is 0. The average molecular weight is 176 g/mol. The summed E-state index contributed by atoms with van der Waals surface area (Å²) >= 11 is 0. The van der Waals surface area contributed by atoms with Crippen molar-refractivity contribution in [3.8, 4) is 0 Å². The van der Waals surface area contributed by atoms with E-state index in [4.69, 9.17) is 0 Å². The smallest absolute Gasteiger partial charge is 0.0899 e. The lowest BCUT2D eigenvalue weighted by Crippen LogP contribution is -2.24. The zero-order valence-corrected chi connectivity index (χ0v) is 8.25. The fraction of sp³-hybridized carbons (Fsp3) is 0.500. The third-order valence-corrected chi connectivity index (χ3v) is 3.06. The highest BCUT2D eigenvalue weighted by Crippen LogP contribution is 2.46. The van der Waals surface area contributed by atoms with Crippen LogP contribution >= 0.6 is 0 Å². The molecule has 0 aromatic heterocycles. The Morgan fingerprint density at radius 2 is 1.92 bits per heavy atom. The molecule has 0 spiro atoms. The average Bonchev–Trinajstić information content (AvgIpc) is 2.86. The molecule has 13 heavy (non-hydrogen) atoms. The minimum Gasteiger partial charge on any atom is -0.385 e. The Kier molecular flexibility index (Phi) is 1.92. The molecule has 0 saturated heterocycles. The molecule has 0 bridgehead atoms. The Balaban J connectivity index is 2.38. The molecule has 1 N–H and O–H groups in total. The summed E-state index contributed by atoms with van der Waals surface area (Å²) in [5.41, 5.74) is 1.68.